The third-order valence-electron chi connectivity index (χ3n) is 9.09. The number of carbonyl (C=O) groups is 7. The van der Waals surface area contributed by atoms with E-state index < -0.39 is 65.1 Å². The molecule has 1 rings (SSSR count). The number of amides is 6. The van der Waals surface area contributed by atoms with Gasteiger partial charge >= 0.3 is 5.97 Å². The summed E-state index contributed by atoms with van der Waals surface area (Å²) < 4.78 is 0. The van der Waals surface area contributed by atoms with Crippen molar-refractivity contribution in [3.63, 3.8) is 0 Å². The predicted octanol–water partition coefficient (Wildman–Crippen LogP) is 2.54. The van der Waals surface area contributed by atoms with Gasteiger partial charge in [0.15, 0.2) is 0 Å². The number of nitrogens with one attached hydrogen (secondary N) is 4. The van der Waals surface area contributed by atoms with Crippen LogP contribution in [0.25, 0.3) is 0 Å². The molecule has 5 N–H and O–H groups in total. The lowest BCUT2D eigenvalue weighted by molar-refractivity contribution is -0.141. The standard InChI is InChI=1S/C39H60N6O8/c1-12-16-30(47)45(24-46)22-21-41-35(51)28(19-20-31(48)49)42-34(50)26(4)23-29(25(2)3)44(11)37(53)33(38(5,6)7)43-36(52)32(40-10)39(8,9)27-17-14-13-15-18-27/h12-18,23-25,28-29,32-33,40H,19-22H2,1-11H3,(H,41,51)(H,42,50)(H,43,52)(H,48,49)/b16-12-,26-23+/t28-,29-,32-,33-/m1/s1. The first-order valence-corrected chi connectivity index (χ1v) is 17.8. The molecule has 0 saturated heterocycles. The Morgan fingerprint density at radius 3 is 2.02 bits per heavy atom. The second kappa shape index (κ2) is 21.0. The molecule has 0 unspecified atom stereocenters. The SMILES string of the molecule is C/C=C\C(=O)N(C=O)CCNC(=O)[C@@H](CCC(=O)O)NC(=O)/C(C)=C/[C@H](C(C)C)N(C)C(=O)[C@@H](NC(=O)[C@@H](NC)C(C)(C)c1ccccc1)C(C)(C)C. The second-order valence-corrected chi connectivity index (χ2v) is 15.0. The first-order valence-electron chi connectivity index (χ1n) is 17.8. The van der Waals surface area contributed by atoms with Crippen LogP contribution in [-0.4, -0.2) is 108 Å². The van der Waals surface area contributed by atoms with Gasteiger partial charge in [0.05, 0.1) is 12.1 Å². The van der Waals surface area contributed by atoms with Gasteiger partial charge in [-0.15, -0.1) is 0 Å². The molecule has 0 bridgehead atoms. The van der Waals surface area contributed by atoms with E-state index in [9.17, 15) is 38.7 Å². The normalized spacial score (nSPS) is 14.5. The summed E-state index contributed by atoms with van der Waals surface area (Å²) in [6.45, 7) is 16.1. The number of carbonyl (C=O) groups excluding carboxylic acids is 6. The van der Waals surface area contributed by atoms with Gasteiger partial charge in [-0.1, -0.05) is 91.0 Å². The van der Waals surface area contributed by atoms with Gasteiger partial charge in [-0.3, -0.25) is 38.5 Å². The van der Waals surface area contributed by atoms with Crippen LogP contribution in [0.15, 0.2) is 54.1 Å². The molecule has 0 heterocycles. The van der Waals surface area contributed by atoms with Crippen LogP contribution in [0.4, 0.5) is 0 Å². The van der Waals surface area contributed by atoms with E-state index in [2.05, 4.69) is 21.3 Å². The number of hydrogen-bond acceptors (Lipinski definition) is 8. The Morgan fingerprint density at radius 2 is 1.53 bits per heavy atom. The predicted molar refractivity (Wildman–Crippen MR) is 203 cm³/mol. The van der Waals surface area contributed by atoms with Crippen molar-refractivity contribution in [2.45, 2.75) is 105 Å². The van der Waals surface area contributed by atoms with Crippen LogP contribution in [0.1, 0.15) is 80.7 Å². The number of likely N-dealkylation sites (N-methyl/N-ethyl adjacent to an activating group) is 2. The van der Waals surface area contributed by atoms with Gasteiger partial charge < -0.3 is 31.3 Å². The Kier molecular flexibility index (Phi) is 18.3. The molecule has 6 amide bonds. The highest BCUT2D eigenvalue weighted by molar-refractivity contribution is 5.97. The van der Waals surface area contributed by atoms with E-state index in [4.69, 9.17) is 0 Å². The highest BCUT2D eigenvalue weighted by Gasteiger charge is 2.41. The number of allylic oxidation sites excluding steroid dienone is 1. The Morgan fingerprint density at radius 1 is 0.925 bits per heavy atom. The first-order chi connectivity index (χ1) is 24.6. The van der Waals surface area contributed by atoms with E-state index in [1.54, 1.807) is 27.1 Å². The molecule has 0 radical (unpaired) electrons. The summed E-state index contributed by atoms with van der Waals surface area (Å²) in [7, 11) is 3.31. The molecule has 0 aliphatic heterocycles. The molecular weight excluding hydrogens is 680 g/mol. The average Bonchev–Trinajstić information content (AvgIpc) is 3.08. The molecule has 0 aliphatic carbocycles. The largest absolute Gasteiger partial charge is 0.481 e. The zero-order valence-electron chi connectivity index (χ0n) is 33.1. The van der Waals surface area contributed by atoms with Gasteiger partial charge in [0.2, 0.25) is 30.0 Å². The van der Waals surface area contributed by atoms with E-state index in [0.29, 0.717) is 6.41 Å². The lowest BCUT2D eigenvalue weighted by Crippen LogP contribution is -2.61. The van der Waals surface area contributed by atoms with Gasteiger partial charge in [0, 0.05) is 37.5 Å². The molecule has 0 fully saturated rings. The summed E-state index contributed by atoms with van der Waals surface area (Å²) in [5, 5.41) is 20.5. The smallest absolute Gasteiger partial charge is 0.303 e. The fourth-order valence-corrected chi connectivity index (χ4v) is 5.85. The molecule has 53 heavy (non-hydrogen) atoms. The van der Waals surface area contributed by atoms with Crippen molar-refractivity contribution in [3.05, 3.63) is 59.7 Å². The van der Waals surface area contributed by atoms with Gasteiger partial charge in [0.25, 0.3) is 5.91 Å². The molecule has 14 heteroatoms. The monoisotopic (exact) mass is 740 g/mol. The molecule has 294 valence electrons. The van der Waals surface area contributed by atoms with Gasteiger partial charge in [-0.05, 0) is 50.3 Å². The highest BCUT2D eigenvalue weighted by atomic mass is 16.4. The van der Waals surface area contributed by atoms with Crippen molar-refractivity contribution in [3.8, 4) is 0 Å². The highest BCUT2D eigenvalue weighted by Crippen LogP contribution is 2.29. The summed E-state index contributed by atoms with van der Waals surface area (Å²) >= 11 is 0. The number of rotatable bonds is 20. The van der Waals surface area contributed by atoms with Crippen molar-refractivity contribution in [2.24, 2.45) is 11.3 Å². The fraction of sp³-hybridized carbons (Fsp3) is 0.564. The number of carboxylic acids is 1. The van der Waals surface area contributed by atoms with Crippen LogP contribution in [0.3, 0.4) is 0 Å². The van der Waals surface area contributed by atoms with Crippen LogP contribution in [0, 0.1) is 11.3 Å². The molecule has 14 nitrogen and oxygen atoms in total. The average molecular weight is 741 g/mol. The van der Waals surface area contributed by atoms with Crippen molar-refractivity contribution in [1.29, 1.82) is 0 Å². The van der Waals surface area contributed by atoms with Crippen molar-refractivity contribution in [2.75, 3.05) is 27.2 Å². The van der Waals surface area contributed by atoms with Crippen LogP contribution in [0.5, 0.6) is 0 Å². The summed E-state index contributed by atoms with van der Waals surface area (Å²) in [5.41, 5.74) is -0.183. The number of hydrogen-bond donors (Lipinski definition) is 5. The minimum absolute atomic E-state index is 0.123. The van der Waals surface area contributed by atoms with Gasteiger partial charge in [-0.25, -0.2) is 0 Å². The van der Waals surface area contributed by atoms with Crippen LogP contribution < -0.4 is 21.3 Å². The van der Waals surface area contributed by atoms with Gasteiger partial charge in [0.1, 0.15) is 12.1 Å². The van der Waals surface area contributed by atoms with Crippen molar-refractivity contribution in [1.82, 2.24) is 31.1 Å². The first kappa shape index (κ1) is 46.2. The summed E-state index contributed by atoms with van der Waals surface area (Å²) in [6, 6.07) is 6.18. The van der Waals surface area contributed by atoms with Crippen molar-refractivity contribution >= 4 is 41.9 Å². The Hall–Kier alpha value is -4.85. The van der Waals surface area contributed by atoms with Crippen molar-refractivity contribution < 1.29 is 38.7 Å². The molecular formula is C39H60N6O8. The van der Waals surface area contributed by atoms with E-state index in [1.807, 2.05) is 78.8 Å². The summed E-state index contributed by atoms with van der Waals surface area (Å²) in [5.74, 6) is -3.96. The van der Waals surface area contributed by atoms with E-state index in [-0.39, 0.29) is 42.8 Å². The number of nitrogens with zero attached hydrogens (tertiary/aromatic N) is 2. The maximum Gasteiger partial charge on any atom is 0.303 e. The Balaban J connectivity index is 3.26. The second-order valence-electron chi connectivity index (χ2n) is 15.0. The molecule has 0 aromatic heterocycles. The quantitative estimate of drug-likeness (QED) is 0.0987. The minimum Gasteiger partial charge on any atom is -0.481 e. The van der Waals surface area contributed by atoms with Crippen LogP contribution >= 0.6 is 0 Å². The molecule has 0 spiro atoms. The lowest BCUT2D eigenvalue weighted by atomic mass is 9.76. The maximum absolute atomic E-state index is 14.2. The van der Waals surface area contributed by atoms with Crippen LogP contribution in [0.2, 0.25) is 0 Å². The van der Waals surface area contributed by atoms with Gasteiger partial charge in [-0.2, -0.15) is 0 Å². The van der Waals surface area contributed by atoms with Crippen LogP contribution in [-0.2, 0) is 39.0 Å². The number of aliphatic carboxylic acids is 1. The molecule has 4 atom stereocenters. The number of carboxylic acid groups (broad SMARTS) is 1. The molecule has 1 aromatic carbocycles. The summed E-state index contributed by atoms with van der Waals surface area (Å²) in [4.78, 5) is 91.5. The Bertz CT molecular complexity index is 1500. The Labute approximate surface area is 314 Å². The fourth-order valence-electron chi connectivity index (χ4n) is 5.85. The zero-order chi connectivity index (χ0) is 40.7. The van der Waals surface area contributed by atoms with E-state index >= 15 is 0 Å². The molecule has 1 aromatic rings. The topological polar surface area (TPSA) is 194 Å². The van der Waals surface area contributed by atoms with E-state index in [1.165, 1.54) is 24.0 Å². The third-order valence-corrected chi connectivity index (χ3v) is 9.09. The lowest BCUT2D eigenvalue weighted by Gasteiger charge is -2.40. The zero-order valence-corrected chi connectivity index (χ0v) is 33.1. The number of benzene rings is 1. The molecule has 0 saturated carbocycles. The number of imide groups is 1. The maximum atomic E-state index is 14.2. The molecule has 0 aliphatic rings. The minimum atomic E-state index is -1.24. The summed E-state index contributed by atoms with van der Waals surface area (Å²) in [6.07, 6.45) is 3.98. The van der Waals surface area contributed by atoms with E-state index in [0.717, 1.165) is 10.5 Å². The third kappa shape index (κ3) is 13.9.